The highest BCUT2D eigenvalue weighted by Crippen LogP contribution is 2.34. The van der Waals surface area contributed by atoms with Gasteiger partial charge in [-0.3, -0.25) is 9.69 Å². The quantitative estimate of drug-likeness (QED) is 0.415. The van der Waals surface area contributed by atoms with E-state index < -0.39 is 6.09 Å². The summed E-state index contributed by atoms with van der Waals surface area (Å²) in [5, 5.41) is 3.72. The highest BCUT2D eigenvalue weighted by atomic mass is 32.1. The number of nitrogens with one attached hydrogen (secondary N) is 1. The standard InChI is InChI=1S/C25H21N3O3S/c1-28(25(30)31-2)20-15-13-19(14-16-20)26-23(29)22-21(17-9-5-3-6-10-17)27-24(32-22)18-11-7-4-8-12-18/h3-16H,1-2H3,(H,26,29). The third-order valence-electron chi connectivity index (χ3n) is 4.86. The minimum Gasteiger partial charge on any atom is -0.452 e. The van der Waals surface area contributed by atoms with Crippen molar-refractivity contribution in [3.05, 3.63) is 89.8 Å². The van der Waals surface area contributed by atoms with Crippen LogP contribution in [0, 0.1) is 0 Å². The molecule has 0 bridgehead atoms. The van der Waals surface area contributed by atoms with E-state index in [4.69, 9.17) is 9.72 Å². The van der Waals surface area contributed by atoms with Crippen LogP contribution in [-0.2, 0) is 4.74 Å². The fourth-order valence-corrected chi connectivity index (χ4v) is 4.16. The summed E-state index contributed by atoms with van der Waals surface area (Å²) in [4.78, 5) is 31.6. The van der Waals surface area contributed by atoms with Gasteiger partial charge < -0.3 is 10.1 Å². The van der Waals surface area contributed by atoms with E-state index in [1.165, 1.54) is 23.3 Å². The lowest BCUT2D eigenvalue weighted by Gasteiger charge is -2.15. The van der Waals surface area contributed by atoms with Crippen LogP contribution in [0.25, 0.3) is 21.8 Å². The van der Waals surface area contributed by atoms with E-state index in [-0.39, 0.29) is 5.91 Å². The zero-order chi connectivity index (χ0) is 22.5. The topological polar surface area (TPSA) is 71.5 Å². The van der Waals surface area contributed by atoms with Crippen LogP contribution in [0.5, 0.6) is 0 Å². The molecule has 0 radical (unpaired) electrons. The van der Waals surface area contributed by atoms with E-state index in [9.17, 15) is 9.59 Å². The first kappa shape index (κ1) is 21.3. The average molecular weight is 444 g/mol. The molecule has 2 amide bonds. The lowest BCUT2D eigenvalue weighted by molar-refractivity contribution is 0.103. The number of rotatable bonds is 5. The van der Waals surface area contributed by atoms with Gasteiger partial charge in [-0.25, -0.2) is 9.78 Å². The van der Waals surface area contributed by atoms with Crippen molar-refractivity contribution in [3.8, 4) is 21.8 Å². The second-order valence-electron chi connectivity index (χ2n) is 6.96. The van der Waals surface area contributed by atoms with Gasteiger partial charge in [-0.2, -0.15) is 0 Å². The smallest absolute Gasteiger partial charge is 0.413 e. The molecule has 0 fully saturated rings. The second kappa shape index (κ2) is 9.45. The zero-order valence-corrected chi connectivity index (χ0v) is 18.4. The number of anilines is 2. The first-order valence-electron chi connectivity index (χ1n) is 9.91. The molecule has 0 aliphatic heterocycles. The van der Waals surface area contributed by atoms with Crippen molar-refractivity contribution in [2.24, 2.45) is 0 Å². The molecule has 4 aromatic rings. The highest BCUT2D eigenvalue weighted by Gasteiger charge is 2.20. The molecule has 1 aromatic heterocycles. The van der Waals surface area contributed by atoms with Crippen molar-refractivity contribution in [1.29, 1.82) is 0 Å². The molecule has 0 saturated heterocycles. The second-order valence-corrected chi connectivity index (χ2v) is 7.96. The number of thiazole rings is 1. The van der Waals surface area contributed by atoms with Crippen LogP contribution in [0.1, 0.15) is 9.67 Å². The van der Waals surface area contributed by atoms with E-state index in [0.29, 0.717) is 21.9 Å². The molecular weight excluding hydrogens is 422 g/mol. The normalized spacial score (nSPS) is 10.4. The summed E-state index contributed by atoms with van der Waals surface area (Å²) in [5.41, 5.74) is 3.76. The fraction of sp³-hybridized carbons (Fsp3) is 0.0800. The predicted molar refractivity (Wildman–Crippen MR) is 128 cm³/mol. The van der Waals surface area contributed by atoms with Gasteiger partial charge in [0.2, 0.25) is 0 Å². The monoisotopic (exact) mass is 443 g/mol. The van der Waals surface area contributed by atoms with Gasteiger partial charge in [0, 0.05) is 29.5 Å². The van der Waals surface area contributed by atoms with E-state index in [1.807, 2.05) is 60.7 Å². The van der Waals surface area contributed by atoms with Gasteiger partial charge in [-0.15, -0.1) is 11.3 Å². The van der Waals surface area contributed by atoms with Crippen LogP contribution in [0.3, 0.4) is 0 Å². The maximum absolute atomic E-state index is 13.2. The first-order valence-corrected chi connectivity index (χ1v) is 10.7. The predicted octanol–water partition coefficient (Wildman–Crippen LogP) is 5.93. The Balaban J connectivity index is 1.63. The van der Waals surface area contributed by atoms with Gasteiger partial charge in [0.15, 0.2) is 0 Å². The third-order valence-corrected chi connectivity index (χ3v) is 5.97. The Morgan fingerprint density at radius 1 is 0.875 bits per heavy atom. The molecular formula is C25H21N3O3S. The van der Waals surface area contributed by atoms with Crippen LogP contribution in [0.2, 0.25) is 0 Å². The van der Waals surface area contributed by atoms with Crippen molar-refractivity contribution in [2.75, 3.05) is 24.4 Å². The number of hydrogen-bond acceptors (Lipinski definition) is 5. The summed E-state index contributed by atoms with van der Waals surface area (Å²) < 4.78 is 4.72. The van der Waals surface area contributed by atoms with E-state index >= 15 is 0 Å². The maximum Gasteiger partial charge on any atom is 0.413 e. The Morgan fingerprint density at radius 2 is 1.47 bits per heavy atom. The molecule has 3 aromatic carbocycles. The summed E-state index contributed by atoms with van der Waals surface area (Å²) in [5.74, 6) is -0.238. The number of amides is 2. The summed E-state index contributed by atoms with van der Waals surface area (Å²) in [6.45, 7) is 0. The van der Waals surface area contributed by atoms with Gasteiger partial charge in [0.1, 0.15) is 9.88 Å². The summed E-state index contributed by atoms with van der Waals surface area (Å²) in [6, 6.07) is 26.4. The number of carbonyl (C=O) groups is 2. The lowest BCUT2D eigenvalue weighted by Crippen LogP contribution is -2.25. The Hall–Kier alpha value is -3.97. The van der Waals surface area contributed by atoms with Crippen LogP contribution in [0.15, 0.2) is 84.9 Å². The third kappa shape index (κ3) is 4.53. The van der Waals surface area contributed by atoms with E-state index in [0.717, 1.165) is 16.1 Å². The Bertz CT molecular complexity index is 1220. The van der Waals surface area contributed by atoms with Crippen LogP contribution < -0.4 is 10.2 Å². The number of ether oxygens (including phenoxy) is 1. The van der Waals surface area contributed by atoms with Crippen molar-refractivity contribution in [3.63, 3.8) is 0 Å². The van der Waals surface area contributed by atoms with Crippen LogP contribution >= 0.6 is 11.3 Å². The number of carbonyl (C=O) groups excluding carboxylic acids is 2. The molecule has 0 aliphatic carbocycles. The molecule has 0 atom stereocenters. The largest absolute Gasteiger partial charge is 0.452 e. The average Bonchev–Trinajstić information content (AvgIpc) is 3.30. The number of benzene rings is 3. The number of methoxy groups -OCH3 is 1. The molecule has 0 spiro atoms. The van der Waals surface area contributed by atoms with E-state index in [2.05, 4.69) is 5.32 Å². The Kier molecular flexibility index (Phi) is 6.28. The van der Waals surface area contributed by atoms with Crippen LogP contribution in [0.4, 0.5) is 16.2 Å². The summed E-state index contributed by atoms with van der Waals surface area (Å²) >= 11 is 1.36. The molecule has 1 N–H and O–H groups in total. The van der Waals surface area contributed by atoms with Gasteiger partial charge in [-0.05, 0) is 24.3 Å². The Morgan fingerprint density at radius 3 is 2.06 bits per heavy atom. The molecule has 7 heteroatoms. The van der Waals surface area contributed by atoms with Crippen molar-refractivity contribution >= 4 is 34.7 Å². The summed E-state index contributed by atoms with van der Waals surface area (Å²) in [6.07, 6.45) is -0.465. The van der Waals surface area contributed by atoms with Crippen molar-refractivity contribution < 1.29 is 14.3 Å². The SMILES string of the molecule is COC(=O)N(C)c1ccc(NC(=O)c2sc(-c3ccccc3)nc2-c2ccccc2)cc1. The van der Waals surface area contributed by atoms with Gasteiger partial charge in [-0.1, -0.05) is 60.7 Å². The lowest BCUT2D eigenvalue weighted by atomic mass is 10.1. The van der Waals surface area contributed by atoms with Crippen molar-refractivity contribution in [1.82, 2.24) is 4.98 Å². The molecule has 0 unspecified atom stereocenters. The van der Waals surface area contributed by atoms with Gasteiger partial charge in [0.25, 0.3) is 5.91 Å². The van der Waals surface area contributed by atoms with Crippen molar-refractivity contribution in [2.45, 2.75) is 0 Å². The van der Waals surface area contributed by atoms with Gasteiger partial charge >= 0.3 is 6.09 Å². The summed E-state index contributed by atoms with van der Waals surface area (Å²) in [7, 11) is 2.95. The molecule has 6 nitrogen and oxygen atoms in total. The number of hydrogen-bond donors (Lipinski definition) is 1. The molecule has 160 valence electrons. The highest BCUT2D eigenvalue weighted by molar-refractivity contribution is 7.17. The Labute approximate surface area is 190 Å². The number of aromatic nitrogens is 1. The molecule has 32 heavy (non-hydrogen) atoms. The minimum absolute atomic E-state index is 0.238. The fourth-order valence-electron chi connectivity index (χ4n) is 3.17. The molecule has 0 saturated carbocycles. The van der Waals surface area contributed by atoms with Crippen LogP contribution in [-0.4, -0.2) is 31.1 Å². The van der Waals surface area contributed by atoms with E-state index in [1.54, 1.807) is 31.3 Å². The zero-order valence-electron chi connectivity index (χ0n) is 17.6. The minimum atomic E-state index is -0.465. The maximum atomic E-state index is 13.2. The molecule has 0 aliphatic rings. The van der Waals surface area contributed by atoms with Gasteiger partial charge in [0.05, 0.1) is 12.8 Å². The first-order chi connectivity index (χ1) is 15.6. The number of nitrogens with zero attached hydrogens (tertiary/aromatic N) is 2. The molecule has 1 heterocycles. The molecule has 4 rings (SSSR count).